The van der Waals surface area contributed by atoms with E-state index in [-0.39, 0.29) is 5.82 Å². The molecule has 3 aromatic rings. The van der Waals surface area contributed by atoms with Gasteiger partial charge >= 0.3 is 0 Å². The van der Waals surface area contributed by atoms with Gasteiger partial charge in [-0.25, -0.2) is 4.39 Å². The first-order valence-corrected chi connectivity index (χ1v) is 5.30. The van der Waals surface area contributed by atoms with Crippen LogP contribution in [-0.2, 0) is 0 Å². The van der Waals surface area contributed by atoms with Gasteiger partial charge in [-0.3, -0.25) is 4.98 Å². The highest BCUT2D eigenvalue weighted by molar-refractivity contribution is 6.05. The van der Waals surface area contributed by atoms with Gasteiger partial charge in [-0.05, 0) is 41.8 Å². The molecule has 0 N–H and O–H groups in total. The maximum absolute atomic E-state index is 13.3. The molecule has 0 aliphatic rings. The summed E-state index contributed by atoms with van der Waals surface area (Å²) in [6.45, 7) is 0. The fraction of sp³-hybridized carbons (Fsp3) is 0.0714. The predicted molar refractivity (Wildman–Crippen MR) is 65.8 cm³/mol. The molecule has 0 radical (unpaired) electrons. The molecule has 1 aromatic heterocycles. The van der Waals surface area contributed by atoms with Crippen molar-refractivity contribution in [2.24, 2.45) is 0 Å². The van der Waals surface area contributed by atoms with Gasteiger partial charge in [0.1, 0.15) is 11.6 Å². The maximum Gasteiger partial charge on any atom is 0.123 e. The lowest BCUT2D eigenvalue weighted by atomic mass is 10.1. The number of aromatic nitrogens is 1. The second-order valence-electron chi connectivity index (χ2n) is 3.87. The number of methoxy groups -OCH3 is 1. The molecule has 0 amide bonds. The Kier molecular flexibility index (Phi) is 2.18. The van der Waals surface area contributed by atoms with Gasteiger partial charge in [0.05, 0.1) is 12.6 Å². The van der Waals surface area contributed by atoms with Gasteiger partial charge in [-0.1, -0.05) is 0 Å². The number of pyridine rings is 1. The molecular formula is C14H10FNO. The highest BCUT2D eigenvalue weighted by atomic mass is 19.1. The highest BCUT2D eigenvalue weighted by Crippen LogP contribution is 2.27. The summed E-state index contributed by atoms with van der Waals surface area (Å²) in [6.07, 6.45) is 1.79. The minimum Gasteiger partial charge on any atom is -0.497 e. The summed E-state index contributed by atoms with van der Waals surface area (Å²) in [6, 6.07) is 10.3. The van der Waals surface area contributed by atoms with Crippen LogP contribution in [-0.4, -0.2) is 12.1 Å². The van der Waals surface area contributed by atoms with Crippen LogP contribution >= 0.6 is 0 Å². The van der Waals surface area contributed by atoms with Crippen molar-refractivity contribution in [3.8, 4) is 5.75 Å². The molecule has 3 rings (SSSR count). The van der Waals surface area contributed by atoms with E-state index < -0.39 is 0 Å². The number of hydrogen-bond acceptors (Lipinski definition) is 2. The zero-order valence-corrected chi connectivity index (χ0v) is 9.27. The van der Waals surface area contributed by atoms with Gasteiger partial charge < -0.3 is 4.74 Å². The van der Waals surface area contributed by atoms with Crippen LogP contribution < -0.4 is 4.74 Å². The number of halogens is 1. The van der Waals surface area contributed by atoms with E-state index >= 15 is 0 Å². The lowest BCUT2D eigenvalue weighted by Crippen LogP contribution is -1.86. The van der Waals surface area contributed by atoms with Crippen molar-refractivity contribution in [2.75, 3.05) is 7.11 Å². The van der Waals surface area contributed by atoms with E-state index in [1.54, 1.807) is 19.4 Å². The Morgan fingerprint density at radius 1 is 1.06 bits per heavy atom. The van der Waals surface area contributed by atoms with Crippen molar-refractivity contribution in [1.29, 1.82) is 0 Å². The van der Waals surface area contributed by atoms with Crippen LogP contribution in [0.4, 0.5) is 4.39 Å². The maximum atomic E-state index is 13.3. The molecule has 0 bridgehead atoms. The first-order chi connectivity index (χ1) is 8.28. The van der Waals surface area contributed by atoms with E-state index in [0.717, 1.165) is 27.4 Å². The van der Waals surface area contributed by atoms with Crippen molar-refractivity contribution in [3.63, 3.8) is 0 Å². The Balaban J connectivity index is 2.47. The third-order valence-electron chi connectivity index (χ3n) is 2.85. The molecule has 0 unspecified atom stereocenters. The van der Waals surface area contributed by atoms with Gasteiger partial charge in [-0.15, -0.1) is 0 Å². The molecule has 0 aliphatic carbocycles. The lowest BCUT2D eigenvalue weighted by Gasteiger charge is -2.05. The fourth-order valence-electron chi connectivity index (χ4n) is 1.98. The van der Waals surface area contributed by atoms with E-state index in [9.17, 15) is 4.39 Å². The molecule has 2 nitrogen and oxygen atoms in total. The zero-order chi connectivity index (χ0) is 11.8. The van der Waals surface area contributed by atoms with Crippen molar-refractivity contribution in [2.45, 2.75) is 0 Å². The summed E-state index contributed by atoms with van der Waals surface area (Å²) in [5.74, 6) is 0.504. The largest absolute Gasteiger partial charge is 0.497 e. The van der Waals surface area contributed by atoms with E-state index in [0.29, 0.717) is 0 Å². The summed E-state index contributed by atoms with van der Waals surface area (Å²) in [4.78, 5) is 4.30. The Morgan fingerprint density at radius 2 is 1.94 bits per heavy atom. The van der Waals surface area contributed by atoms with Crippen LogP contribution in [0.1, 0.15) is 0 Å². The second-order valence-corrected chi connectivity index (χ2v) is 3.87. The monoisotopic (exact) mass is 227 g/mol. The number of benzene rings is 2. The van der Waals surface area contributed by atoms with Crippen LogP contribution in [0, 0.1) is 5.82 Å². The van der Waals surface area contributed by atoms with Crippen LogP contribution in [0.15, 0.2) is 42.6 Å². The lowest BCUT2D eigenvalue weighted by molar-refractivity contribution is 0.415. The minimum atomic E-state index is -0.255. The smallest absolute Gasteiger partial charge is 0.123 e. The van der Waals surface area contributed by atoms with Gasteiger partial charge in [-0.2, -0.15) is 0 Å². The molecule has 0 spiro atoms. The molecule has 0 fully saturated rings. The van der Waals surface area contributed by atoms with E-state index in [1.807, 2.05) is 18.2 Å². The van der Waals surface area contributed by atoms with Crippen molar-refractivity contribution in [1.82, 2.24) is 4.98 Å². The SMILES string of the molecule is COc1ccc2cnc3ccc(F)cc3c2c1. The molecular weight excluding hydrogens is 217 g/mol. The van der Waals surface area contributed by atoms with Crippen molar-refractivity contribution >= 4 is 21.7 Å². The second kappa shape index (κ2) is 3.70. The molecule has 0 saturated carbocycles. The van der Waals surface area contributed by atoms with Gasteiger partial charge in [0.25, 0.3) is 0 Å². The predicted octanol–water partition coefficient (Wildman–Crippen LogP) is 3.54. The molecule has 84 valence electrons. The molecule has 1 heterocycles. The van der Waals surface area contributed by atoms with Crippen LogP contribution in [0.3, 0.4) is 0 Å². The normalized spacial score (nSPS) is 10.9. The number of hydrogen-bond donors (Lipinski definition) is 0. The molecule has 0 aliphatic heterocycles. The van der Waals surface area contributed by atoms with E-state index in [4.69, 9.17) is 4.74 Å². The Bertz CT molecular complexity index is 709. The van der Waals surface area contributed by atoms with Crippen molar-refractivity contribution in [3.05, 3.63) is 48.4 Å². The standard InChI is InChI=1S/C14H10FNO/c1-17-11-4-2-9-8-16-14-5-3-10(15)6-13(14)12(9)7-11/h2-8H,1H3. The van der Waals surface area contributed by atoms with Crippen LogP contribution in [0.25, 0.3) is 21.7 Å². The summed E-state index contributed by atoms with van der Waals surface area (Å²) >= 11 is 0. The highest BCUT2D eigenvalue weighted by Gasteiger charge is 2.04. The summed E-state index contributed by atoms with van der Waals surface area (Å²) < 4.78 is 18.5. The summed E-state index contributed by atoms with van der Waals surface area (Å²) in [5.41, 5.74) is 0.784. The molecule has 17 heavy (non-hydrogen) atoms. The molecule has 0 atom stereocenters. The average Bonchev–Trinajstić information content (AvgIpc) is 2.38. The summed E-state index contributed by atoms with van der Waals surface area (Å²) in [5, 5.41) is 2.74. The molecule has 3 heteroatoms. The zero-order valence-electron chi connectivity index (χ0n) is 9.27. The number of ether oxygens (including phenoxy) is 1. The van der Waals surface area contributed by atoms with Gasteiger partial charge in [0, 0.05) is 17.0 Å². The molecule has 2 aromatic carbocycles. The van der Waals surface area contributed by atoms with E-state index in [1.165, 1.54) is 12.1 Å². The third kappa shape index (κ3) is 1.60. The summed E-state index contributed by atoms with van der Waals surface area (Å²) in [7, 11) is 1.62. The van der Waals surface area contributed by atoms with Gasteiger partial charge in [0.15, 0.2) is 0 Å². The average molecular weight is 227 g/mol. The first kappa shape index (κ1) is 10.0. The van der Waals surface area contributed by atoms with Crippen LogP contribution in [0.2, 0.25) is 0 Å². The Labute approximate surface area is 97.7 Å². The van der Waals surface area contributed by atoms with Gasteiger partial charge in [0.2, 0.25) is 0 Å². The number of nitrogens with zero attached hydrogens (tertiary/aromatic N) is 1. The van der Waals surface area contributed by atoms with E-state index in [2.05, 4.69) is 4.98 Å². The van der Waals surface area contributed by atoms with Crippen molar-refractivity contribution < 1.29 is 9.13 Å². The Hall–Kier alpha value is -2.16. The quantitative estimate of drug-likeness (QED) is 0.593. The first-order valence-electron chi connectivity index (χ1n) is 5.30. The van der Waals surface area contributed by atoms with Crippen LogP contribution in [0.5, 0.6) is 5.75 Å². The number of fused-ring (bicyclic) bond motifs is 3. The molecule has 0 saturated heterocycles. The minimum absolute atomic E-state index is 0.255. The fourth-order valence-corrected chi connectivity index (χ4v) is 1.98. The topological polar surface area (TPSA) is 22.1 Å². The third-order valence-corrected chi connectivity index (χ3v) is 2.85. The Morgan fingerprint density at radius 3 is 2.76 bits per heavy atom. The number of rotatable bonds is 1.